The molecule has 1 atom stereocenters. The number of amides is 1. The summed E-state index contributed by atoms with van der Waals surface area (Å²) in [4.78, 5) is 22.3. The van der Waals surface area contributed by atoms with E-state index in [1.54, 1.807) is 6.92 Å². The van der Waals surface area contributed by atoms with Gasteiger partial charge in [-0.15, -0.1) is 0 Å². The average Bonchev–Trinajstić information content (AvgIpc) is 2.18. The quantitative estimate of drug-likeness (QED) is 0.683. The molecule has 0 radical (unpaired) electrons. The van der Waals surface area contributed by atoms with Gasteiger partial charge in [0, 0.05) is 13.1 Å². The molecule has 5 heteroatoms. The molecule has 0 saturated carbocycles. The van der Waals surface area contributed by atoms with Crippen LogP contribution < -0.4 is 0 Å². The summed E-state index contributed by atoms with van der Waals surface area (Å²) in [5.41, 5.74) is 0. The second kappa shape index (κ2) is 4.95. The Balaban J connectivity index is 2.28. The van der Waals surface area contributed by atoms with Crippen LogP contribution >= 0.6 is 0 Å². The fourth-order valence-corrected chi connectivity index (χ4v) is 1.52. The third kappa shape index (κ3) is 2.99. The van der Waals surface area contributed by atoms with E-state index in [-0.39, 0.29) is 6.10 Å². The largest absolute Gasteiger partial charge is 0.465 e. The van der Waals surface area contributed by atoms with Crippen molar-refractivity contribution >= 4 is 12.4 Å². The minimum atomic E-state index is -0.883. The first kappa shape index (κ1) is 11.0. The van der Waals surface area contributed by atoms with Gasteiger partial charge in [-0.1, -0.05) is 0 Å². The first-order chi connectivity index (χ1) is 6.63. The number of ether oxygens (including phenoxy) is 1. The van der Waals surface area contributed by atoms with Crippen LogP contribution in [-0.4, -0.2) is 47.7 Å². The highest BCUT2D eigenvalue weighted by Crippen LogP contribution is 2.14. The van der Waals surface area contributed by atoms with Gasteiger partial charge in [-0.3, -0.25) is 0 Å². The number of nitrogens with zero attached hydrogens (tertiary/aromatic N) is 1. The molecule has 1 N–H and O–H groups in total. The first-order valence-electron chi connectivity index (χ1n) is 4.72. The van der Waals surface area contributed by atoms with Gasteiger partial charge in [-0.2, -0.15) is 0 Å². The highest BCUT2D eigenvalue weighted by molar-refractivity contribution is 5.65. The van der Waals surface area contributed by atoms with Crippen molar-refractivity contribution in [3.05, 3.63) is 0 Å². The zero-order chi connectivity index (χ0) is 10.6. The molecule has 0 aromatic heterocycles. The third-order valence-corrected chi connectivity index (χ3v) is 2.31. The third-order valence-electron chi connectivity index (χ3n) is 2.31. The summed E-state index contributed by atoms with van der Waals surface area (Å²) in [5.74, 6) is 0. The molecule has 1 amide bonds. The Bertz CT molecular complexity index is 211. The lowest BCUT2D eigenvalue weighted by atomic mass is 10.1. The van der Waals surface area contributed by atoms with Gasteiger partial charge >= 0.3 is 6.09 Å². The maximum absolute atomic E-state index is 10.6. The molecule has 0 aromatic carbocycles. The lowest BCUT2D eigenvalue weighted by Crippen LogP contribution is -2.41. The number of piperidine rings is 1. The smallest absolute Gasteiger partial charge is 0.407 e. The number of carboxylic acid groups (broad SMARTS) is 1. The monoisotopic (exact) mass is 201 g/mol. The molecule has 1 aliphatic rings. The molecule has 0 aliphatic carbocycles. The molecule has 0 aromatic rings. The van der Waals surface area contributed by atoms with E-state index >= 15 is 0 Å². The second-order valence-corrected chi connectivity index (χ2v) is 3.45. The van der Waals surface area contributed by atoms with Gasteiger partial charge in [0.25, 0.3) is 0 Å². The summed E-state index contributed by atoms with van der Waals surface area (Å²) in [7, 11) is 0. The highest BCUT2D eigenvalue weighted by atomic mass is 16.5. The normalized spacial score (nSPS) is 20.5. The molecule has 0 unspecified atom stereocenters. The zero-order valence-electron chi connectivity index (χ0n) is 8.18. The zero-order valence-corrected chi connectivity index (χ0v) is 8.18. The van der Waals surface area contributed by atoms with Crippen LogP contribution in [0.2, 0.25) is 0 Å². The lowest BCUT2D eigenvalue weighted by Gasteiger charge is -2.30. The van der Waals surface area contributed by atoms with Crippen molar-refractivity contribution in [2.24, 2.45) is 0 Å². The second-order valence-electron chi connectivity index (χ2n) is 3.45. The van der Waals surface area contributed by atoms with E-state index in [2.05, 4.69) is 0 Å². The summed E-state index contributed by atoms with van der Waals surface area (Å²) in [5, 5.41) is 8.68. The van der Waals surface area contributed by atoms with Crippen LogP contribution in [0.5, 0.6) is 0 Å². The fraction of sp³-hybridized carbons (Fsp3) is 0.778. The van der Waals surface area contributed by atoms with Crippen molar-refractivity contribution in [1.29, 1.82) is 0 Å². The molecule has 80 valence electrons. The lowest BCUT2D eigenvalue weighted by molar-refractivity contribution is -0.122. The molecule has 1 fully saturated rings. The number of aldehydes is 1. The Morgan fingerprint density at radius 3 is 2.57 bits per heavy atom. The molecule has 1 rings (SSSR count). The summed E-state index contributed by atoms with van der Waals surface area (Å²) < 4.78 is 5.38. The number of carbonyl (C=O) groups excluding carboxylic acids is 1. The van der Waals surface area contributed by atoms with Crippen molar-refractivity contribution in [1.82, 2.24) is 4.90 Å². The van der Waals surface area contributed by atoms with Crippen molar-refractivity contribution in [2.75, 3.05) is 13.1 Å². The van der Waals surface area contributed by atoms with Crippen molar-refractivity contribution < 1.29 is 19.4 Å². The van der Waals surface area contributed by atoms with E-state index < -0.39 is 12.2 Å². The minimum Gasteiger partial charge on any atom is -0.465 e. The van der Waals surface area contributed by atoms with Crippen molar-refractivity contribution in [2.45, 2.75) is 32.0 Å². The fourth-order valence-electron chi connectivity index (χ4n) is 1.52. The van der Waals surface area contributed by atoms with Crippen LogP contribution in [0.1, 0.15) is 19.8 Å². The standard InChI is InChI=1S/C9H15NO4/c1-7(6-11)14-8-2-4-10(5-3-8)9(12)13/h6-8H,2-5H2,1H3,(H,12,13)/t7-/m1/s1. The van der Waals surface area contributed by atoms with Crippen LogP contribution in [0.3, 0.4) is 0 Å². The van der Waals surface area contributed by atoms with E-state index in [9.17, 15) is 9.59 Å². The molecule has 0 spiro atoms. The summed E-state index contributed by atoms with van der Waals surface area (Å²) in [6.45, 7) is 2.67. The maximum atomic E-state index is 10.6. The number of likely N-dealkylation sites (tertiary alicyclic amines) is 1. The van der Waals surface area contributed by atoms with E-state index in [0.29, 0.717) is 25.9 Å². The Hall–Kier alpha value is -1.10. The predicted molar refractivity (Wildman–Crippen MR) is 49.2 cm³/mol. The van der Waals surface area contributed by atoms with Crippen LogP contribution in [0.25, 0.3) is 0 Å². The number of hydrogen-bond donors (Lipinski definition) is 1. The molecule has 14 heavy (non-hydrogen) atoms. The molecule has 5 nitrogen and oxygen atoms in total. The topological polar surface area (TPSA) is 66.8 Å². The molecule has 1 heterocycles. The number of hydrogen-bond acceptors (Lipinski definition) is 3. The van der Waals surface area contributed by atoms with Crippen LogP contribution in [-0.2, 0) is 9.53 Å². The molecule has 1 saturated heterocycles. The minimum absolute atomic E-state index is 0.0193. The molecular formula is C9H15NO4. The van der Waals surface area contributed by atoms with E-state index in [1.165, 1.54) is 4.90 Å². The van der Waals surface area contributed by atoms with Crippen LogP contribution in [0, 0.1) is 0 Å². The predicted octanol–water partition coefficient (Wildman–Crippen LogP) is 0.733. The Morgan fingerprint density at radius 1 is 1.57 bits per heavy atom. The summed E-state index contributed by atoms with van der Waals surface area (Å²) in [6.07, 6.45) is 0.840. The van der Waals surface area contributed by atoms with E-state index in [0.717, 1.165) is 6.29 Å². The van der Waals surface area contributed by atoms with Gasteiger partial charge in [-0.05, 0) is 19.8 Å². The van der Waals surface area contributed by atoms with Gasteiger partial charge in [0.05, 0.1) is 6.10 Å². The van der Waals surface area contributed by atoms with Gasteiger partial charge < -0.3 is 19.5 Å². The van der Waals surface area contributed by atoms with Crippen LogP contribution in [0.15, 0.2) is 0 Å². The Labute approximate surface area is 82.6 Å². The highest BCUT2D eigenvalue weighted by Gasteiger charge is 2.23. The number of carbonyl (C=O) groups is 2. The van der Waals surface area contributed by atoms with E-state index in [4.69, 9.17) is 9.84 Å². The maximum Gasteiger partial charge on any atom is 0.407 e. The van der Waals surface area contributed by atoms with Crippen LogP contribution in [0.4, 0.5) is 4.79 Å². The summed E-state index contributed by atoms with van der Waals surface area (Å²) in [6, 6.07) is 0. The van der Waals surface area contributed by atoms with Crippen molar-refractivity contribution in [3.63, 3.8) is 0 Å². The van der Waals surface area contributed by atoms with Gasteiger partial charge in [0.1, 0.15) is 12.4 Å². The molecule has 0 bridgehead atoms. The SMILES string of the molecule is C[C@H](C=O)OC1CCN(C(=O)O)CC1. The van der Waals surface area contributed by atoms with Gasteiger partial charge in [0.2, 0.25) is 0 Å². The van der Waals surface area contributed by atoms with Gasteiger partial charge in [0.15, 0.2) is 0 Å². The molecular weight excluding hydrogens is 186 g/mol. The van der Waals surface area contributed by atoms with Gasteiger partial charge in [-0.25, -0.2) is 4.79 Å². The first-order valence-corrected chi connectivity index (χ1v) is 4.72. The average molecular weight is 201 g/mol. The summed E-state index contributed by atoms with van der Waals surface area (Å²) >= 11 is 0. The number of rotatable bonds is 3. The van der Waals surface area contributed by atoms with Crippen molar-refractivity contribution in [3.8, 4) is 0 Å². The Morgan fingerprint density at radius 2 is 2.14 bits per heavy atom. The molecule has 1 aliphatic heterocycles. The Kier molecular flexibility index (Phi) is 3.88. The van der Waals surface area contributed by atoms with E-state index in [1.807, 2.05) is 0 Å².